The Hall–Kier alpha value is -1.82. The summed E-state index contributed by atoms with van der Waals surface area (Å²) in [5.74, 6) is -1.09. The number of nitrogens with zero attached hydrogens (tertiary/aromatic N) is 3. The predicted octanol–water partition coefficient (Wildman–Crippen LogP) is 2.98. The molecule has 0 fully saturated rings. The van der Waals surface area contributed by atoms with Crippen LogP contribution in [0.25, 0.3) is 10.4 Å². The molecule has 1 aromatic rings. The number of azide groups is 1. The van der Waals surface area contributed by atoms with Crippen molar-refractivity contribution in [2.45, 2.75) is 13.0 Å². The standard InChI is InChI=1S/C12H14ClFN4O2/c1-2-20-12(19)11(16-3-4-17-18-15)8-5-9(13)7-10(14)6-8/h5-7,11,16H,2-4H2,1H3. The third-order valence-electron chi connectivity index (χ3n) is 2.36. The van der Waals surface area contributed by atoms with E-state index in [1.54, 1.807) is 6.92 Å². The molecule has 0 aromatic heterocycles. The van der Waals surface area contributed by atoms with Gasteiger partial charge in [0.2, 0.25) is 0 Å². The van der Waals surface area contributed by atoms with Gasteiger partial charge in [-0.3, -0.25) is 0 Å². The number of benzene rings is 1. The highest BCUT2D eigenvalue weighted by Gasteiger charge is 2.22. The van der Waals surface area contributed by atoms with Crippen LogP contribution in [-0.2, 0) is 9.53 Å². The second-order valence-corrected chi connectivity index (χ2v) is 4.23. The first-order chi connectivity index (χ1) is 9.58. The topological polar surface area (TPSA) is 87.1 Å². The lowest BCUT2D eigenvalue weighted by molar-refractivity contribution is -0.145. The van der Waals surface area contributed by atoms with Crippen LogP contribution in [0.5, 0.6) is 0 Å². The summed E-state index contributed by atoms with van der Waals surface area (Å²) in [7, 11) is 0. The van der Waals surface area contributed by atoms with Crippen LogP contribution < -0.4 is 5.32 Å². The zero-order chi connectivity index (χ0) is 15.0. The summed E-state index contributed by atoms with van der Waals surface area (Å²) in [5, 5.41) is 6.38. The van der Waals surface area contributed by atoms with E-state index in [4.69, 9.17) is 21.9 Å². The highest BCUT2D eigenvalue weighted by molar-refractivity contribution is 6.30. The van der Waals surface area contributed by atoms with Crippen LogP contribution in [0.2, 0.25) is 5.02 Å². The molecule has 6 nitrogen and oxygen atoms in total. The Morgan fingerprint density at radius 3 is 2.95 bits per heavy atom. The average molecular weight is 301 g/mol. The summed E-state index contributed by atoms with van der Waals surface area (Å²) in [4.78, 5) is 14.5. The molecule has 0 aliphatic carbocycles. The molecule has 1 atom stereocenters. The fourth-order valence-corrected chi connectivity index (χ4v) is 1.84. The van der Waals surface area contributed by atoms with E-state index in [2.05, 4.69) is 15.3 Å². The molecular formula is C12H14ClFN4O2. The number of nitrogens with one attached hydrogen (secondary N) is 1. The molecule has 0 amide bonds. The van der Waals surface area contributed by atoms with Crippen molar-refractivity contribution in [3.8, 4) is 0 Å². The van der Waals surface area contributed by atoms with E-state index < -0.39 is 17.8 Å². The lowest BCUT2D eigenvalue weighted by atomic mass is 10.1. The molecule has 1 N–H and O–H groups in total. The normalized spacial score (nSPS) is 11.6. The van der Waals surface area contributed by atoms with Crippen LogP contribution in [0.4, 0.5) is 4.39 Å². The molecule has 0 saturated carbocycles. The molecule has 0 spiro atoms. The van der Waals surface area contributed by atoms with Crippen LogP contribution in [0.3, 0.4) is 0 Å². The van der Waals surface area contributed by atoms with Crippen LogP contribution >= 0.6 is 11.6 Å². The first-order valence-corrected chi connectivity index (χ1v) is 6.33. The third-order valence-corrected chi connectivity index (χ3v) is 2.58. The van der Waals surface area contributed by atoms with Crippen LogP contribution in [0.1, 0.15) is 18.5 Å². The zero-order valence-corrected chi connectivity index (χ0v) is 11.6. The molecule has 108 valence electrons. The molecule has 1 aromatic carbocycles. The van der Waals surface area contributed by atoms with E-state index in [9.17, 15) is 9.18 Å². The van der Waals surface area contributed by atoms with Crippen molar-refractivity contribution in [1.29, 1.82) is 0 Å². The molecule has 0 aliphatic rings. The van der Waals surface area contributed by atoms with Gasteiger partial charge in [-0.2, -0.15) is 0 Å². The number of hydrogen-bond acceptors (Lipinski definition) is 4. The fourth-order valence-electron chi connectivity index (χ4n) is 1.61. The maximum atomic E-state index is 13.3. The van der Waals surface area contributed by atoms with Gasteiger partial charge >= 0.3 is 5.97 Å². The molecule has 1 unspecified atom stereocenters. The zero-order valence-electron chi connectivity index (χ0n) is 10.8. The number of esters is 1. The Morgan fingerprint density at radius 1 is 1.60 bits per heavy atom. The second-order valence-electron chi connectivity index (χ2n) is 3.80. The summed E-state index contributed by atoms with van der Waals surface area (Å²) in [5.41, 5.74) is 8.54. The molecule has 1 rings (SSSR count). The minimum Gasteiger partial charge on any atom is -0.465 e. The van der Waals surface area contributed by atoms with Crippen LogP contribution in [0.15, 0.2) is 23.3 Å². The van der Waals surface area contributed by atoms with Crippen molar-refractivity contribution < 1.29 is 13.9 Å². The lowest BCUT2D eigenvalue weighted by Gasteiger charge is -2.17. The summed E-state index contributed by atoms with van der Waals surface area (Å²) < 4.78 is 18.3. The number of rotatable bonds is 7. The van der Waals surface area contributed by atoms with E-state index in [0.29, 0.717) is 5.56 Å². The minimum absolute atomic E-state index is 0.162. The monoisotopic (exact) mass is 300 g/mol. The van der Waals surface area contributed by atoms with Gasteiger partial charge < -0.3 is 10.1 Å². The largest absolute Gasteiger partial charge is 0.465 e. The summed E-state index contributed by atoms with van der Waals surface area (Å²) >= 11 is 5.77. The Kier molecular flexibility index (Phi) is 6.79. The third kappa shape index (κ3) is 5.05. The number of hydrogen-bond donors (Lipinski definition) is 1. The van der Waals surface area contributed by atoms with Gasteiger partial charge in [-0.25, -0.2) is 9.18 Å². The molecule has 0 heterocycles. The molecule has 0 radical (unpaired) electrons. The van der Waals surface area contributed by atoms with Crippen molar-refractivity contribution in [1.82, 2.24) is 5.32 Å². The number of ether oxygens (including phenoxy) is 1. The van der Waals surface area contributed by atoms with Gasteiger partial charge in [0, 0.05) is 23.0 Å². The van der Waals surface area contributed by atoms with Gasteiger partial charge in [0.05, 0.1) is 6.61 Å². The van der Waals surface area contributed by atoms with Crippen molar-refractivity contribution in [3.63, 3.8) is 0 Å². The Labute approximate surface area is 120 Å². The lowest BCUT2D eigenvalue weighted by Crippen LogP contribution is -2.32. The van der Waals surface area contributed by atoms with Gasteiger partial charge in [-0.15, -0.1) is 0 Å². The van der Waals surface area contributed by atoms with Gasteiger partial charge in [0.1, 0.15) is 11.9 Å². The van der Waals surface area contributed by atoms with Gasteiger partial charge in [-0.05, 0) is 36.2 Å². The van der Waals surface area contributed by atoms with Crippen LogP contribution in [-0.4, -0.2) is 25.7 Å². The van der Waals surface area contributed by atoms with E-state index >= 15 is 0 Å². The Bertz CT molecular complexity index is 500. The number of halogens is 2. The molecular weight excluding hydrogens is 287 g/mol. The first kappa shape index (κ1) is 16.2. The smallest absolute Gasteiger partial charge is 0.327 e. The van der Waals surface area contributed by atoms with Gasteiger partial charge in [0.25, 0.3) is 0 Å². The van der Waals surface area contributed by atoms with Crippen molar-refractivity contribution >= 4 is 17.6 Å². The fraction of sp³-hybridized carbons (Fsp3) is 0.417. The molecule has 0 aliphatic heterocycles. The maximum Gasteiger partial charge on any atom is 0.327 e. The summed E-state index contributed by atoms with van der Waals surface area (Å²) in [6.45, 7) is 2.29. The quantitative estimate of drug-likeness (QED) is 0.276. The van der Waals surface area contributed by atoms with E-state index in [1.807, 2.05) is 0 Å². The Morgan fingerprint density at radius 2 is 2.35 bits per heavy atom. The van der Waals surface area contributed by atoms with Crippen molar-refractivity contribution in [3.05, 3.63) is 45.0 Å². The molecule has 0 saturated heterocycles. The molecule has 0 bridgehead atoms. The van der Waals surface area contributed by atoms with Gasteiger partial charge in [-0.1, -0.05) is 16.7 Å². The highest BCUT2D eigenvalue weighted by atomic mass is 35.5. The highest BCUT2D eigenvalue weighted by Crippen LogP contribution is 2.21. The number of carbonyl (C=O) groups is 1. The second kappa shape index (κ2) is 8.37. The SMILES string of the molecule is CCOC(=O)C(NCCN=[N+]=[N-])c1cc(F)cc(Cl)c1. The minimum atomic E-state index is -0.864. The van der Waals surface area contributed by atoms with E-state index in [1.165, 1.54) is 12.1 Å². The maximum absolute atomic E-state index is 13.3. The van der Waals surface area contributed by atoms with Crippen molar-refractivity contribution in [2.75, 3.05) is 19.7 Å². The summed E-state index contributed by atoms with van der Waals surface area (Å²) in [6.07, 6.45) is 0. The summed E-state index contributed by atoms with van der Waals surface area (Å²) in [6, 6.07) is 2.96. The van der Waals surface area contributed by atoms with E-state index in [-0.39, 0.29) is 24.7 Å². The molecule has 8 heteroatoms. The Balaban J connectivity index is 2.90. The van der Waals surface area contributed by atoms with Crippen molar-refractivity contribution in [2.24, 2.45) is 5.11 Å². The predicted molar refractivity (Wildman–Crippen MR) is 72.8 cm³/mol. The average Bonchev–Trinajstić information content (AvgIpc) is 2.37. The number of carbonyl (C=O) groups excluding carboxylic acids is 1. The van der Waals surface area contributed by atoms with Crippen LogP contribution in [0, 0.1) is 5.82 Å². The first-order valence-electron chi connectivity index (χ1n) is 5.95. The van der Waals surface area contributed by atoms with E-state index in [0.717, 1.165) is 6.07 Å². The molecule has 20 heavy (non-hydrogen) atoms. The van der Waals surface area contributed by atoms with Gasteiger partial charge in [0.15, 0.2) is 0 Å².